The Balaban J connectivity index is 1.96. The molecule has 5 nitrogen and oxygen atoms in total. The van der Waals surface area contributed by atoms with Gasteiger partial charge in [0, 0.05) is 6.42 Å². The number of carbonyl (C=O) groups excluding carboxylic acids is 1. The summed E-state index contributed by atoms with van der Waals surface area (Å²) < 4.78 is 6.67. The molecule has 2 heterocycles. The Morgan fingerprint density at radius 1 is 1.12 bits per heavy atom. The Labute approximate surface area is 155 Å². The second kappa shape index (κ2) is 6.61. The lowest BCUT2D eigenvalue weighted by Gasteiger charge is -2.15. The Kier molecular flexibility index (Phi) is 4.28. The first-order chi connectivity index (χ1) is 12.5. The van der Waals surface area contributed by atoms with Gasteiger partial charge in [0.25, 0.3) is 5.56 Å². The zero-order valence-corrected chi connectivity index (χ0v) is 15.4. The van der Waals surface area contributed by atoms with Crippen LogP contribution in [0, 0.1) is 13.8 Å². The number of hydrogen-bond acceptors (Lipinski definition) is 5. The lowest BCUT2D eigenvalue weighted by atomic mass is 10.1. The van der Waals surface area contributed by atoms with Gasteiger partial charge in [-0.05, 0) is 49.2 Å². The number of nitrogens with zero attached hydrogens (tertiary/aromatic N) is 2. The van der Waals surface area contributed by atoms with Gasteiger partial charge >= 0.3 is 5.97 Å². The van der Waals surface area contributed by atoms with Crippen LogP contribution in [-0.2, 0) is 9.53 Å². The van der Waals surface area contributed by atoms with E-state index in [2.05, 4.69) is 11.1 Å². The summed E-state index contributed by atoms with van der Waals surface area (Å²) in [5.41, 5.74) is 3.40. The maximum atomic E-state index is 13.2. The largest absolute Gasteiger partial charge is 0.465 e. The second-order valence-corrected chi connectivity index (χ2v) is 7.63. The molecule has 1 aromatic heterocycles. The van der Waals surface area contributed by atoms with Gasteiger partial charge in [-0.3, -0.25) is 14.2 Å². The number of aryl methyl sites for hydroxylation is 2. The van der Waals surface area contributed by atoms with Crippen LogP contribution in [0.4, 0.5) is 0 Å². The quantitative estimate of drug-likeness (QED) is 0.525. The molecule has 0 N–H and O–H groups in total. The van der Waals surface area contributed by atoms with Gasteiger partial charge in [-0.25, -0.2) is 4.98 Å². The molecular weight excluding hydrogens is 348 g/mol. The van der Waals surface area contributed by atoms with E-state index < -0.39 is 0 Å². The lowest BCUT2D eigenvalue weighted by molar-refractivity contribution is -0.137. The number of carbonyl (C=O) groups is 1. The SMILES string of the molecule is Cc1cc(C)cc(-n2c(S[C@H]3CCOC3=O)nc3ccccc3c2=O)c1. The maximum Gasteiger partial charge on any atom is 0.319 e. The van der Waals surface area contributed by atoms with Crippen LogP contribution < -0.4 is 5.56 Å². The second-order valence-electron chi connectivity index (χ2n) is 6.46. The molecule has 0 saturated carbocycles. The highest BCUT2D eigenvalue weighted by Crippen LogP contribution is 2.30. The van der Waals surface area contributed by atoms with Gasteiger partial charge in [0.1, 0.15) is 5.25 Å². The van der Waals surface area contributed by atoms with Gasteiger partial charge in [0.15, 0.2) is 5.16 Å². The van der Waals surface area contributed by atoms with Crippen LogP contribution in [0.25, 0.3) is 16.6 Å². The zero-order chi connectivity index (χ0) is 18.3. The highest BCUT2D eigenvalue weighted by atomic mass is 32.2. The number of cyclic esters (lactones) is 1. The highest BCUT2D eigenvalue weighted by molar-refractivity contribution is 8.00. The Bertz CT molecular complexity index is 1050. The van der Waals surface area contributed by atoms with E-state index in [9.17, 15) is 9.59 Å². The van der Waals surface area contributed by atoms with Crippen LogP contribution >= 0.6 is 11.8 Å². The van der Waals surface area contributed by atoms with E-state index in [-0.39, 0.29) is 16.8 Å². The first-order valence-electron chi connectivity index (χ1n) is 8.47. The van der Waals surface area contributed by atoms with E-state index in [4.69, 9.17) is 4.74 Å². The van der Waals surface area contributed by atoms with Crippen molar-refractivity contribution >= 4 is 28.6 Å². The molecule has 0 amide bonds. The number of esters is 1. The highest BCUT2D eigenvalue weighted by Gasteiger charge is 2.29. The van der Waals surface area contributed by atoms with Crippen molar-refractivity contribution in [3.8, 4) is 5.69 Å². The lowest BCUT2D eigenvalue weighted by Crippen LogP contribution is -2.23. The molecule has 26 heavy (non-hydrogen) atoms. The number of benzene rings is 2. The Morgan fingerprint density at radius 2 is 1.85 bits per heavy atom. The van der Waals surface area contributed by atoms with E-state index in [0.717, 1.165) is 16.8 Å². The summed E-state index contributed by atoms with van der Waals surface area (Å²) in [7, 11) is 0. The summed E-state index contributed by atoms with van der Waals surface area (Å²) in [4.78, 5) is 29.8. The van der Waals surface area contributed by atoms with Crippen LogP contribution in [-0.4, -0.2) is 27.4 Å². The zero-order valence-electron chi connectivity index (χ0n) is 14.6. The molecule has 0 radical (unpaired) electrons. The average molecular weight is 366 g/mol. The Morgan fingerprint density at radius 3 is 2.54 bits per heavy atom. The molecule has 3 aromatic rings. The minimum atomic E-state index is -0.333. The fourth-order valence-corrected chi connectivity index (χ4v) is 4.29. The molecule has 1 aliphatic rings. The van der Waals surface area contributed by atoms with Crippen molar-refractivity contribution in [2.75, 3.05) is 6.61 Å². The fourth-order valence-electron chi connectivity index (χ4n) is 3.21. The molecular formula is C20H18N2O3S. The number of thioether (sulfide) groups is 1. The molecule has 1 aliphatic heterocycles. The molecule has 6 heteroatoms. The average Bonchev–Trinajstić information content (AvgIpc) is 2.99. The standard InChI is InChI=1S/C20H18N2O3S/c1-12-9-13(2)11-14(10-12)22-18(23)15-5-3-4-6-16(15)21-20(22)26-17-7-8-25-19(17)24/h3-6,9-11,17H,7-8H2,1-2H3/t17-/m0/s1. The molecule has 0 unspecified atom stereocenters. The molecule has 0 bridgehead atoms. The number of para-hydroxylation sites is 1. The third-order valence-electron chi connectivity index (χ3n) is 4.34. The molecule has 0 aliphatic carbocycles. The van der Waals surface area contributed by atoms with Crippen LogP contribution in [0.15, 0.2) is 52.4 Å². The first kappa shape index (κ1) is 16.8. The van der Waals surface area contributed by atoms with E-state index in [0.29, 0.717) is 29.1 Å². The maximum absolute atomic E-state index is 13.2. The number of ether oxygens (including phenoxy) is 1. The van der Waals surface area contributed by atoms with Crippen LogP contribution in [0.5, 0.6) is 0 Å². The first-order valence-corrected chi connectivity index (χ1v) is 9.34. The van der Waals surface area contributed by atoms with Gasteiger partial charge in [0.2, 0.25) is 0 Å². The molecule has 0 spiro atoms. The molecule has 4 rings (SSSR count). The van der Waals surface area contributed by atoms with Crippen LogP contribution in [0.1, 0.15) is 17.5 Å². The Hall–Kier alpha value is -2.60. The van der Waals surface area contributed by atoms with Crippen molar-refractivity contribution in [2.24, 2.45) is 0 Å². The van der Waals surface area contributed by atoms with Gasteiger partial charge in [-0.2, -0.15) is 0 Å². The summed E-state index contributed by atoms with van der Waals surface area (Å²) in [6, 6.07) is 13.3. The van der Waals surface area contributed by atoms with E-state index in [1.54, 1.807) is 10.6 Å². The monoisotopic (exact) mass is 366 g/mol. The minimum absolute atomic E-state index is 0.130. The molecule has 132 valence electrons. The molecule has 2 aromatic carbocycles. The van der Waals surface area contributed by atoms with Crippen molar-refractivity contribution in [1.29, 1.82) is 0 Å². The normalized spacial score (nSPS) is 16.8. The van der Waals surface area contributed by atoms with E-state index in [1.807, 2.05) is 44.2 Å². The predicted octanol–water partition coefficient (Wildman–Crippen LogP) is 3.41. The van der Waals surface area contributed by atoms with E-state index in [1.165, 1.54) is 11.8 Å². The number of rotatable bonds is 3. The van der Waals surface area contributed by atoms with Crippen molar-refractivity contribution < 1.29 is 9.53 Å². The smallest absolute Gasteiger partial charge is 0.319 e. The van der Waals surface area contributed by atoms with Crippen molar-refractivity contribution in [1.82, 2.24) is 9.55 Å². The van der Waals surface area contributed by atoms with Crippen LogP contribution in [0.3, 0.4) is 0 Å². The predicted molar refractivity (Wildman–Crippen MR) is 102 cm³/mol. The van der Waals surface area contributed by atoms with E-state index >= 15 is 0 Å². The topological polar surface area (TPSA) is 61.2 Å². The summed E-state index contributed by atoms with van der Waals surface area (Å²) in [6.07, 6.45) is 0.624. The van der Waals surface area contributed by atoms with Crippen molar-refractivity contribution in [3.63, 3.8) is 0 Å². The summed E-state index contributed by atoms with van der Waals surface area (Å²) >= 11 is 1.30. The van der Waals surface area contributed by atoms with Crippen molar-refractivity contribution in [2.45, 2.75) is 30.7 Å². The van der Waals surface area contributed by atoms with Gasteiger partial charge in [0.05, 0.1) is 23.2 Å². The number of aromatic nitrogens is 2. The molecule has 1 fully saturated rings. The van der Waals surface area contributed by atoms with Crippen molar-refractivity contribution in [3.05, 3.63) is 63.9 Å². The summed E-state index contributed by atoms with van der Waals surface area (Å²) in [5, 5.41) is 0.743. The third kappa shape index (κ3) is 3.01. The van der Waals surface area contributed by atoms with Gasteiger partial charge in [-0.1, -0.05) is 30.0 Å². The summed E-state index contributed by atoms with van der Waals surface area (Å²) in [5.74, 6) is -0.246. The number of hydrogen-bond donors (Lipinski definition) is 0. The summed E-state index contributed by atoms with van der Waals surface area (Å²) in [6.45, 7) is 4.41. The minimum Gasteiger partial charge on any atom is -0.465 e. The molecule has 1 atom stereocenters. The fraction of sp³-hybridized carbons (Fsp3) is 0.250. The number of fused-ring (bicyclic) bond motifs is 1. The molecule has 1 saturated heterocycles. The van der Waals surface area contributed by atoms with Gasteiger partial charge < -0.3 is 4.74 Å². The van der Waals surface area contributed by atoms with Gasteiger partial charge in [-0.15, -0.1) is 0 Å². The third-order valence-corrected chi connectivity index (χ3v) is 5.54. The van der Waals surface area contributed by atoms with Crippen LogP contribution in [0.2, 0.25) is 0 Å².